The van der Waals surface area contributed by atoms with E-state index in [1.807, 2.05) is 19.0 Å². The van der Waals surface area contributed by atoms with E-state index in [4.69, 9.17) is 5.73 Å². The maximum Gasteiger partial charge on any atom is 0.225 e. The Labute approximate surface area is 121 Å². The van der Waals surface area contributed by atoms with Crippen molar-refractivity contribution in [2.75, 3.05) is 19.0 Å². The zero-order valence-electron chi connectivity index (χ0n) is 12.8. The molecule has 2 N–H and O–H groups in total. The van der Waals surface area contributed by atoms with Crippen LogP contribution in [0.2, 0.25) is 0 Å². The largest absolute Gasteiger partial charge is 0.378 e. The molecule has 1 saturated heterocycles. The summed E-state index contributed by atoms with van der Waals surface area (Å²) in [5, 5.41) is 0. The second-order valence-electron chi connectivity index (χ2n) is 5.86. The third-order valence-corrected chi connectivity index (χ3v) is 4.22. The van der Waals surface area contributed by atoms with Crippen LogP contribution in [-0.2, 0) is 4.79 Å². The highest BCUT2D eigenvalue weighted by Gasteiger charge is 2.40. The Morgan fingerprint density at radius 3 is 2.45 bits per heavy atom. The standard InChI is InChI=1S/C16H25N3O/c1-5-11(2)19-15(20)10-14(17)16(19)12-6-8-13(9-7-12)18(3)4/h6-9,11,14,16H,5,10,17H2,1-4H3. The maximum absolute atomic E-state index is 12.2. The molecule has 3 unspecified atom stereocenters. The van der Waals surface area contributed by atoms with Gasteiger partial charge in [0.05, 0.1) is 6.04 Å². The van der Waals surface area contributed by atoms with Crippen molar-refractivity contribution in [3.8, 4) is 0 Å². The van der Waals surface area contributed by atoms with Crippen molar-refractivity contribution in [2.24, 2.45) is 5.73 Å². The van der Waals surface area contributed by atoms with Gasteiger partial charge in [0.2, 0.25) is 5.91 Å². The van der Waals surface area contributed by atoms with Gasteiger partial charge in [-0.05, 0) is 31.0 Å². The average Bonchev–Trinajstić information content (AvgIpc) is 2.72. The number of nitrogens with two attached hydrogens (primary N) is 1. The maximum atomic E-state index is 12.2. The Kier molecular flexibility index (Phi) is 4.33. The molecule has 4 heteroatoms. The summed E-state index contributed by atoms with van der Waals surface area (Å²) in [6, 6.07) is 8.48. The summed E-state index contributed by atoms with van der Waals surface area (Å²) in [4.78, 5) is 16.2. The first-order valence-electron chi connectivity index (χ1n) is 7.29. The lowest BCUT2D eigenvalue weighted by Crippen LogP contribution is -2.38. The first kappa shape index (κ1) is 14.9. The van der Waals surface area contributed by atoms with Gasteiger partial charge in [0.25, 0.3) is 0 Å². The van der Waals surface area contributed by atoms with Gasteiger partial charge < -0.3 is 15.5 Å². The SMILES string of the molecule is CCC(C)N1C(=O)CC(N)C1c1ccc(N(C)C)cc1. The van der Waals surface area contributed by atoms with Crippen molar-refractivity contribution in [3.05, 3.63) is 29.8 Å². The Bertz CT molecular complexity index is 469. The number of benzene rings is 1. The third-order valence-electron chi connectivity index (χ3n) is 4.22. The first-order chi connectivity index (χ1) is 9.45. The third kappa shape index (κ3) is 2.66. The number of hydrogen-bond donors (Lipinski definition) is 1. The summed E-state index contributed by atoms with van der Waals surface area (Å²) in [7, 11) is 4.04. The monoisotopic (exact) mass is 275 g/mol. The van der Waals surface area contributed by atoms with Crippen molar-refractivity contribution in [3.63, 3.8) is 0 Å². The van der Waals surface area contributed by atoms with Crippen LogP contribution < -0.4 is 10.6 Å². The summed E-state index contributed by atoms with van der Waals surface area (Å²) in [5.74, 6) is 0.175. The zero-order chi connectivity index (χ0) is 14.9. The Morgan fingerprint density at radius 1 is 1.35 bits per heavy atom. The smallest absolute Gasteiger partial charge is 0.225 e. The van der Waals surface area contributed by atoms with Crippen LogP contribution in [-0.4, -0.2) is 37.0 Å². The van der Waals surface area contributed by atoms with Crippen molar-refractivity contribution in [1.82, 2.24) is 4.90 Å². The molecule has 110 valence electrons. The van der Waals surface area contributed by atoms with E-state index in [0.29, 0.717) is 6.42 Å². The lowest BCUT2D eigenvalue weighted by Gasteiger charge is -2.32. The van der Waals surface area contributed by atoms with Gasteiger partial charge in [0, 0.05) is 38.3 Å². The molecule has 1 amide bonds. The minimum absolute atomic E-state index is 0.00802. The van der Waals surface area contributed by atoms with E-state index in [2.05, 4.69) is 43.0 Å². The minimum atomic E-state index is -0.110. The van der Waals surface area contributed by atoms with Crippen LogP contribution in [0.1, 0.15) is 38.3 Å². The van der Waals surface area contributed by atoms with Gasteiger partial charge in [0.15, 0.2) is 0 Å². The van der Waals surface area contributed by atoms with E-state index < -0.39 is 0 Å². The van der Waals surface area contributed by atoms with Crippen LogP contribution in [0.4, 0.5) is 5.69 Å². The van der Waals surface area contributed by atoms with E-state index in [1.165, 1.54) is 0 Å². The topological polar surface area (TPSA) is 49.6 Å². The molecule has 0 saturated carbocycles. The van der Waals surface area contributed by atoms with E-state index in [1.54, 1.807) is 0 Å². The molecule has 3 atom stereocenters. The van der Waals surface area contributed by atoms with Crippen LogP contribution in [0, 0.1) is 0 Å². The van der Waals surface area contributed by atoms with E-state index in [0.717, 1.165) is 17.7 Å². The Hall–Kier alpha value is -1.55. The van der Waals surface area contributed by atoms with Gasteiger partial charge in [-0.2, -0.15) is 0 Å². The second kappa shape index (κ2) is 5.83. The summed E-state index contributed by atoms with van der Waals surface area (Å²) in [5.41, 5.74) is 8.50. The molecule has 0 aromatic heterocycles. The molecule has 1 aliphatic heterocycles. The number of rotatable bonds is 4. The predicted octanol–water partition coefficient (Wildman–Crippen LogP) is 2.15. The van der Waals surface area contributed by atoms with Crippen LogP contribution in [0.25, 0.3) is 0 Å². The Balaban J connectivity index is 2.30. The quantitative estimate of drug-likeness (QED) is 0.916. The van der Waals surface area contributed by atoms with Crippen LogP contribution in [0.3, 0.4) is 0 Å². The van der Waals surface area contributed by atoms with Gasteiger partial charge in [-0.15, -0.1) is 0 Å². The molecule has 20 heavy (non-hydrogen) atoms. The number of nitrogens with zero attached hydrogens (tertiary/aromatic N) is 2. The van der Waals surface area contributed by atoms with Crippen molar-refractivity contribution in [1.29, 1.82) is 0 Å². The highest BCUT2D eigenvalue weighted by molar-refractivity contribution is 5.80. The summed E-state index contributed by atoms with van der Waals surface area (Å²) in [6.07, 6.45) is 1.40. The fourth-order valence-electron chi connectivity index (χ4n) is 2.87. The van der Waals surface area contributed by atoms with Gasteiger partial charge in [0.1, 0.15) is 0 Å². The molecule has 0 aliphatic carbocycles. The van der Waals surface area contributed by atoms with E-state index in [-0.39, 0.29) is 24.0 Å². The van der Waals surface area contributed by atoms with Crippen LogP contribution >= 0.6 is 0 Å². The second-order valence-corrected chi connectivity index (χ2v) is 5.86. The molecule has 0 bridgehead atoms. The fourth-order valence-corrected chi connectivity index (χ4v) is 2.87. The predicted molar refractivity (Wildman–Crippen MR) is 82.7 cm³/mol. The van der Waals surface area contributed by atoms with Crippen molar-refractivity contribution < 1.29 is 4.79 Å². The molecule has 1 aromatic carbocycles. The molecule has 1 heterocycles. The van der Waals surface area contributed by atoms with Crippen LogP contribution in [0.5, 0.6) is 0 Å². The molecule has 1 aromatic rings. The number of anilines is 1. The van der Waals surface area contributed by atoms with Gasteiger partial charge in [-0.25, -0.2) is 0 Å². The van der Waals surface area contributed by atoms with Gasteiger partial charge in [-0.3, -0.25) is 4.79 Å². The van der Waals surface area contributed by atoms with E-state index >= 15 is 0 Å². The molecule has 1 aliphatic rings. The normalized spacial score (nSPS) is 24.1. The average molecular weight is 275 g/mol. The highest BCUT2D eigenvalue weighted by Crippen LogP contribution is 2.35. The number of carbonyl (C=O) groups excluding carboxylic acids is 1. The molecule has 4 nitrogen and oxygen atoms in total. The summed E-state index contributed by atoms with van der Waals surface area (Å²) < 4.78 is 0. The first-order valence-corrected chi connectivity index (χ1v) is 7.29. The number of likely N-dealkylation sites (tertiary alicyclic amines) is 1. The molecule has 2 rings (SSSR count). The lowest BCUT2D eigenvalue weighted by atomic mass is 9.99. The fraction of sp³-hybridized carbons (Fsp3) is 0.562. The molecular weight excluding hydrogens is 250 g/mol. The van der Waals surface area contributed by atoms with Crippen molar-refractivity contribution in [2.45, 2.75) is 44.8 Å². The van der Waals surface area contributed by atoms with Crippen molar-refractivity contribution >= 4 is 11.6 Å². The van der Waals surface area contributed by atoms with Gasteiger partial charge in [-0.1, -0.05) is 19.1 Å². The van der Waals surface area contributed by atoms with Gasteiger partial charge >= 0.3 is 0 Å². The molecule has 0 radical (unpaired) electrons. The lowest BCUT2D eigenvalue weighted by molar-refractivity contribution is -0.131. The molecular formula is C16H25N3O. The molecule has 0 spiro atoms. The molecule has 1 fully saturated rings. The summed E-state index contributed by atoms with van der Waals surface area (Å²) in [6.45, 7) is 4.20. The minimum Gasteiger partial charge on any atom is -0.378 e. The number of amides is 1. The van der Waals surface area contributed by atoms with E-state index in [9.17, 15) is 4.79 Å². The Morgan fingerprint density at radius 2 is 1.95 bits per heavy atom. The highest BCUT2D eigenvalue weighted by atomic mass is 16.2. The van der Waals surface area contributed by atoms with Crippen LogP contribution in [0.15, 0.2) is 24.3 Å². The zero-order valence-corrected chi connectivity index (χ0v) is 12.8. The number of hydrogen-bond acceptors (Lipinski definition) is 3. The summed E-state index contributed by atoms with van der Waals surface area (Å²) >= 11 is 0. The number of carbonyl (C=O) groups is 1.